The molecule has 2 rings (SSSR count). The average Bonchev–Trinajstić information content (AvgIpc) is 2.85. The van der Waals surface area contributed by atoms with E-state index in [1.165, 1.54) is 0 Å². The second-order valence-corrected chi connectivity index (χ2v) is 4.72. The number of carboxylic acid groups (broad SMARTS) is 1. The Hall–Kier alpha value is -1.26. The van der Waals surface area contributed by atoms with Crippen LogP contribution in [-0.2, 0) is 9.53 Å². The van der Waals surface area contributed by atoms with Crippen LogP contribution in [0.3, 0.4) is 0 Å². The SMILES string of the molecule is O=C(O)C(COc1ccccc1Cl)C1CCOC1. The van der Waals surface area contributed by atoms with Gasteiger partial charge in [-0.1, -0.05) is 23.7 Å². The maximum atomic E-state index is 11.2. The second-order valence-electron chi connectivity index (χ2n) is 4.31. The van der Waals surface area contributed by atoms with Gasteiger partial charge in [-0.2, -0.15) is 0 Å². The van der Waals surface area contributed by atoms with E-state index in [1.54, 1.807) is 24.3 Å². The van der Waals surface area contributed by atoms with Crippen LogP contribution in [0.1, 0.15) is 6.42 Å². The molecule has 1 heterocycles. The molecule has 0 spiro atoms. The van der Waals surface area contributed by atoms with Crippen LogP contribution < -0.4 is 4.74 Å². The van der Waals surface area contributed by atoms with Gasteiger partial charge >= 0.3 is 5.97 Å². The number of benzene rings is 1. The van der Waals surface area contributed by atoms with E-state index in [9.17, 15) is 9.90 Å². The van der Waals surface area contributed by atoms with E-state index in [0.29, 0.717) is 24.0 Å². The first-order valence-corrected chi connectivity index (χ1v) is 6.24. The fraction of sp³-hybridized carbons (Fsp3) is 0.462. The van der Waals surface area contributed by atoms with Gasteiger partial charge in [-0.25, -0.2) is 0 Å². The first kappa shape index (κ1) is 13.2. The summed E-state index contributed by atoms with van der Waals surface area (Å²) in [5, 5.41) is 9.70. The quantitative estimate of drug-likeness (QED) is 0.893. The van der Waals surface area contributed by atoms with Gasteiger partial charge in [0.1, 0.15) is 12.4 Å². The van der Waals surface area contributed by atoms with E-state index >= 15 is 0 Å². The summed E-state index contributed by atoms with van der Waals surface area (Å²) in [6.45, 7) is 1.23. The molecule has 0 aromatic heterocycles. The zero-order chi connectivity index (χ0) is 13.0. The zero-order valence-corrected chi connectivity index (χ0v) is 10.6. The molecular weight excluding hydrogens is 256 g/mol. The number of halogens is 1. The van der Waals surface area contributed by atoms with Crippen LogP contribution in [0.15, 0.2) is 24.3 Å². The Morgan fingerprint density at radius 2 is 2.33 bits per heavy atom. The molecule has 0 bridgehead atoms. The summed E-state index contributed by atoms with van der Waals surface area (Å²) in [5.74, 6) is -0.865. The van der Waals surface area contributed by atoms with Crippen molar-refractivity contribution in [3.8, 4) is 5.75 Å². The third-order valence-electron chi connectivity index (χ3n) is 3.11. The molecule has 0 aliphatic carbocycles. The summed E-state index contributed by atoms with van der Waals surface area (Å²) in [7, 11) is 0. The number of rotatable bonds is 5. The van der Waals surface area contributed by atoms with Gasteiger partial charge in [0.2, 0.25) is 0 Å². The van der Waals surface area contributed by atoms with Crippen LogP contribution in [-0.4, -0.2) is 30.9 Å². The molecule has 2 unspecified atom stereocenters. The molecule has 0 saturated carbocycles. The van der Waals surface area contributed by atoms with Crippen LogP contribution >= 0.6 is 11.6 Å². The lowest BCUT2D eigenvalue weighted by Crippen LogP contribution is -2.29. The van der Waals surface area contributed by atoms with Crippen molar-refractivity contribution in [1.82, 2.24) is 0 Å². The fourth-order valence-corrected chi connectivity index (χ4v) is 2.21. The van der Waals surface area contributed by atoms with Gasteiger partial charge in [-0.3, -0.25) is 4.79 Å². The van der Waals surface area contributed by atoms with Crippen molar-refractivity contribution in [3.05, 3.63) is 29.3 Å². The van der Waals surface area contributed by atoms with E-state index in [-0.39, 0.29) is 12.5 Å². The summed E-state index contributed by atoms with van der Waals surface area (Å²) < 4.78 is 10.7. The highest BCUT2D eigenvalue weighted by molar-refractivity contribution is 6.32. The van der Waals surface area contributed by atoms with Gasteiger partial charge < -0.3 is 14.6 Å². The Balaban J connectivity index is 1.97. The van der Waals surface area contributed by atoms with E-state index in [0.717, 1.165) is 6.42 Å². The lowest BCUT2D eigenvalue weighted by atomic mass is 9.92. The second kappa shape index (κ2) is 6.07. The van der Waals surface area contributed by atoms with Crippen molar-refractivity contribution >= 4 is 17.6 Å². The summed E-state index contributed by atoms with van der Waals surface area (Å²) >= 11 is 5.95. The highest BCUT2D eigenvalue weighted by Gasteiger charge is 2.32. The van der Waals surface area contributed by atoms with Gasteiger partial charge in [0.25, 0.3) is 0 Å². The number of aliphatic carboxylic acids is 1. The Morgan fingerprint density at radius 1 is 1.56 bits per heavy atom. The summed E-state index contributed by atoms with van der Waals surface area (Å²) in [4.78, 5) is 11.2. The average molecular weight is 271 g/mol. The fourth-order valence-electron chi connectivity index (χ4n) is 2.02. The first-order valence-electron chi connectivity index (χ1n) is 5.86. The van der Waals surface area contributed by atoms with Gasteiger partial charge in [-0.15, -0.1) is 0 Å². The van der Waals surface area contributed by atoms with Crippen molar-refractivity contribution in [2.45, 2.75) is 6.42 Å². The monoisotopic (exact) mass is 270 g/mol. The molecule has 4 nitrogen and oxygen atoms in total. The Labute approximate surface area is 110 Å². The normalized spacial score (nSPS) is 20.6. The maximum absolute atomic E-state index is 11.2. The molecule has 5 heteroatoms. The lowest BCUT2D eigenvalue weighted by molar-refractivity contribution is -0.145. The molecule has 1 aliphatic rings. The highest BCUT2D eigenvalue weighted by atomic mass is 35.5. The largest absolute Gasteiger partial charge is 0.491 e. The number of para-hydroxylation sites is 1. The van der Waals surface area contributed by atoms with Gasteiger partial charge in [0.15, 0.2) is 0 Å². The molecule has 0 amide bonds. The van der Waals surface area contributed by atoms with Crippen molar-refractivity contribution in [3.63, 3.8) is 0 Å². The highest BCUT2D eigenvalue weighted by Crippen LogP contribution is 2.27. The topological polar surface area (TPSA) is 55.8 Å². The van der Waals surface area contributed by atoms with E-state index in [2.05, 4.69) is 0 Å². The van der Waals surface area contributed by atoms with Crippen LogP contribution in [0, 0.1) is 11.8 Å². The summed E-state index contributed by atoms with van der Waals surface area (Å²) in [6, 6.07) is 7.04. The minimum Gasteiger partial charge on any atom is -0.491 e. The molecule has 0 radical (unpaired) electrons. The number of carboxylic acids is 1. The van der Waals surface area contributed by atoms with Crippen LogP contribution in [0.4, 0.5) is 0 Å². The summed E-state index contributed by atoms with van der Waals surface area (Å²) in [5.41, 5.74) is 0. The Bertz CT molecular complexity index is 415. The Morgan fingerprint density at radius 3 is 2.94 bits per heavy atom. The van der Waals surface area contributed by atoms with Gasteiger partial charge in [-0.05, 0) is 18.6 Å². The molecule has 1 N–H and O–H groups in total. The smallest absolute Gasteiger partial charge is 0.310 e. The molecule has 2 atom stereocenters. The molecule has 1 aromatic rings. The van der Waals surface area contributed by atoms with Gasteiger partial charge in [0, 0.05) is 12.5 Å². The zero-order valence-electron chi connectivity index (χ0n) is 9.84. The Kier molecular flexibility index (Phi) is 4.44. The minimum absolute atomic E-state index is 0.0185. The lowest BCUT2D eigenvalue weighted by Gasteiger charge is -2.18. The van der Waals surface area contributed by atoms with Crippen LogP contribution in [0.2, 0.25) is 5.02 Å². The third kappa shape index (κ3) is 3.15. The summed E-state index contributed by atoms with van der Waals surface area (Å²) in [6.07, 6.45) is 0.767. The third-order valence-corrected chi connectivity index (χ3v) is 3.42. The molecule has 1 fully saturated rings. The van der Waals surface area contributed by atoms with Crippen LogP contribution in [0.25, 0.3) is 0 Å². The molecular formula is C13H15ClO4. The first-order chi connectivity index (χ1) is 8.68. The number of ether oxygens (including phenoxy) is 2. The number of hydrogen-bond donors (Lipinski definition) is 1. The van der Waals surface area contributed by atoms with Crippen LogP contribution in [0.5, 0.6) is 5.75 Å². The van der Waals surface area contributed by atoms with E-state index < -0.39 is 11.9 Å². The standard InChI is InChI=1S/C13H15ClO4/c14-11-3-1-2-4-12(11)18-8-10(13(15)16)9-5-6-17-7-9/h1-4,9-10H,5-8H2,(H,15,16). The minimum atomic E-state index is -0.849. The van der Waals surface area contributed by atoms with Gasteiger partial charge in [0.05, 0.1) is 17.5 Å². The predicted octanol–water partition coefficient (Wildman–Crippen LogP) is 2.46. The molecule has 98 valence electrons. The number of carbonyl (C=O) groups is 1. The van der Waals surface area contributed by atoms with Crippen molar-refractivity contribution in [1.29, 1.82) is 0 Å². The molecule has 18 heavy (non-hydrogen) atoms. The maximum Gasteiger partial charge on any atom is 0.310 e. The van der Waals surface area contributed by atoms with E-state index in [1.807, 2.05) is 0 Å². The predicted molar refractivity (Wildman–Crippen MR) is 67.0 cm³/mol. The molecule has 1 aliphatic heterocycles. The van der Waals surface area contributed by atoms with Crippen molar-refractivity contribution < 1.29 is 19.4 Å². The molecule has 1 aromatic carbocycles. The number of hydrogen-bond acceptors (Lipinski definition) is 3. The van der Waals surface area contributed by atoms with Crippen molar-refractivity contribution in [2.24, 2.45) is 11.8 Å². The molecule has 1 saturated heterocycles. The van der Waals surface area contributed by atoms with Crippen molar-refractivity contribution in [2.75, 3.05) is 19.8 Å². The van der Waals surface area contributed by atoms with E-state index in [4.69, 9.17) is 21.1 Å².